The van der Waals surface area contributed by atoms with Gasteiger partial charge in [-0.3, -0.25) is 10.1 Å². The van der Waals surface area contributed by atoms with E-state index in [1.165, 1.54) is 29.0 Å². The standard InChI is InChI=1S/C19H17N5O3S/c1-11-2-7-14-15(8-11)28-19-17(14)18-21-16(22-23(18)10-20-19)9-27-13-5-3-12(4-6-13)24(25)26/h3-6,10-11H,2,7-9H2,1H3. The van der Waals surface area contributed by atoms with Crippen LogP contribution in [0, 0.1) is 16.0 Å². The number of benzene rings is 1. The Labute approximate surface area is 164 Å². The van der Waals surface area contributed by atoms with E-state index in [4.69, 9.17) is 4.74 Å². The van der Waals surface area contributed by atoms with Gasteiger partial charge in [-0.1, -0.05) is 6.92 Å². The monoisotopic (exact) mass is 395 g/mol. The molecule has 0 saturated heterocycles. The minimum atomic E-state index is -0.437. The summed E-state index contributed by atoms with van der Waals surface area (Å²) in [6.07, 6.45) is 5.04. The molecule has 0 fully saturated rings. The zero-order chi connectivity index (χ0) is 19.3. The van der Waals surface area contributed by atoms with Gasteiger partial charge in [0, 0.05) is 17.0 Å². The molecule has 28 heavy (non-hydrogen) atoms. The first-order valence-corrected chi connectivity index (χ1v) is 9.92. The van der Waals surface area contributed by atoms with E-state index < -0.39 is 4.92 Å². The molecule has 4 aromatic rings. The molecule has 8 nitrogen and oxygen atoms in total. The van der Waals surface area contributed by atoms with Crippen molar-refractivity contribution in [3.8, 4) is 5.75 Å². The van der Waals surface area contributed by atoms with E-state index in [1.54, 1.807) is 34.3 Å². The molecule has 0 radical (unpaired) electrons. The van der Waals surface area contributed by atoms with Crippen LogP contribution < -0.4 is 4.74 Å². The number of nitro benzene ring substituents is 1. The summed E-state index contributed by atoms with van der Waals surface area (Å²) in [6.45, 7) is 2.48. The third kappa shape index (κ3) is 2.88. The zero-order valence-electron chi connectivity index (χ0n) is 15.2. The highest BCUT2D eigenvalue weighted by Gasteiger charge is 2.23. The Bertz CT molecular complexity index is 1200. The summed E-state index contributed by atoms with van der Waals surface area (Å²) in [7, 11) is 0. The number of hydrogen-bond acceptors (Lipinski definition) is 7. The van der Waals surface area contributed by atoms with E-state index in [2.05, 4.69) is 22.0 Å². The molecule has 1 atom stereocenters. The van der Waals surface area contributed by atoms with E-state index in [-0.39, 0.29) is 12.3 Å². The first-order chi connectivity index (χ1) is 13.6. The molecule has 3 heterocycles. The van der Waals surface area contributed by atoms with Gasteiger partial charge in [0.05, 0.1) is 10.3 Å². The van der Waals surface area contributed by atoms with Crippen LogP contribution in [0.2, 0.25) is 0 Å². The lowest BCUT2D eigenvalue weighted by atomic mass is 9.89. The highest BCUT2D eigenvalue weighted by atomic mass is 32.1. The van der Waals surface area contributed by atoms with E-state index in [9.17, 15) is 10.1 Å². The topological polar surface area (TPSA) is 95.5 Å². The molecule has 9 heteroatoms. The SMILES string of the molecule is CC1CCc2c(sc3ncn4nc(COc5ccc([N+](=O)[O-])cc5)nc4c23)C1. The number of non-ortho nitro benzene ring substituents is 1. The van der Waals surface area contributed by atoms with Crippen LogP contribution in [0.25, 0.3) is 15.9 Å². The number of ether oxygens (including phenoxy) is 1. The van der Waals surface area contributed by atoms with E-state index in [0.29, 0.717) is 17.5 Å². The summed E-state index contributed by atoms with van der Waals surface area (Å²) in [6, 6.07) is 5.98. The molecule has 142 valence electrons. The van der Waals surface area contributed by atoms with Crippen LogP contribution in [0.1, 0.15) is 29.6 Å². The lowest BCUT2D eigenvalue weighted by Gasteiger charge is -2.17. The fourth-order valence-corrected chi connectivity index (χ4v) is 5.00. The Balaban J connectivity index is 1.44. The van der Waals surface area contributed by atoms with Crippen molar-refractivity contribution in [3.63, 3.8) is 0 Å². The largest absolute Gasteiger partial charge is 0.486 e. The third-order valence-electron chi connectivity index (χ3n) is 5.09. The normalized spacial score (nSPS) is 16.4. The summed E-state index contributed by atoms with van der Waals surface area (Å²) in [5.74, 6) is 1.80. The van der Waals surface area contributed by atoms with Crippen molar-refractivity contribution >= 4 is 32.9 Å². The fourth-order valence-electron chi connectivity index (χ4n) is 3.66. The van der Waals surface area contributed by atoms with Crippen LogP contribution >= 0.6 is 11.3 Å². The second kappa shape index (κ2) is 6.52. The Kier molecular flexibility index (Phi) is 3.97. The summed E-state index contributed by atoms with van der Waals surface area (Å²) >= 11 is 1.76. The summed E-state index contributed by atoms with van der Waals surface area (Å²) in [4.78, 5) is 22.0. The lowest BCUT2D eigenvalue weighted by molar-refractivity contribution is -0.384. The summed E-state index contributed by atoms with van der Waals surface area (Å²) in [5, 5.41) is 16.3. The number of nitrogens with zero attached hydrogens (tertiary/aromatic N) is 5. The van der Waals surface area contributed by atoms with Crippen molar-refractivity contribution in [1.82, 2.24) is 19.6 Å². The molecule has 1 aromatic carbocycles. The number of hydrogen-bond donors (Lipinski definition) is 0. The molecule has 0 saturated carbocycles. The van der Waals surface area contributed by atoms with Gasteiger partial charge < -0.3 is 4.74 Å². The van der Waals surface area contributed by atoms with Crippen LogP contribution in [-0.4, -0.2) is 24.5 Å². The maximum absolute atomic E-state index is 10.7. The Morgan fingerprint density at radius 2 is 2.18 bits per heavy atom. The van der Waals surface area contributed by atoms with Gasteiger partial charge >= 0.3 is 0 Å². The molecular weight excluding hydrogens is 378 g/mol. The minimum absolute atomic E-state index is 0.0308. The van der Waals surface area contributed by atoms with Crippen LogP contribution in [0.15, 0.2) is 30.6 Å². The second-order valence-electron chi connectivity index (χ2n) is 7.11. The maximum atomic E-state index is 10.7. The molecule has 0 spiro atoms. The average molecular weight is 395 g/mol. The van der Waals surface area contributed by atoms with Crippen LogP contribution in [0.4, 0.5) is 5.69 Å². The predicted molar refractivity (Wildman–Crippen MR) is 105 cm³/mol. The van der Waals surface area contributed by atoms with Gasteiger partial charge in [-0.15, -0.1) is 16.4 Å². The molecular formula is C19H17N5O3S. The average Bonchev–Trinajstić information content (AvgIpc) is 3.26. The van der Waals surface area contributed by atoms with Gasteiger partial charge in [0.25, 0.3) is 5.69 Å². The maximum Gasteiger partial charge on any atom is 0.269 e. The van der Waals surface area contributed by atoms with Crippen molar-refractivity contribution < 1.29 is 9.66 Å². The van der Waals surface area contributed by atoms with Gasteiger partial charge in [0.1, 0.15) is 23.5 Å². The first-order valence-electron chi connectivity index (χ1n) is 9.10. The number of aromatic nitrogens is 4. The van der Waals surface area contributed by atoms with Crippen molar-refractivity contribution in [3.05, 3.63) is 57.0 Å². The molecule has 0 aliphatic heterocycles. The quantitative estimate of drug-likeness (QED) is 0.383. The predicted octanol–water partition coefficient (Wildman–Crippen LogP) is 3.95. The number of rotatable bonds is 4. The van der Waals surface area contributed by atoms with Gasteiger partial charge in [0.15, 0.2) is 11.5 Å². The van der Waals surface area contributed by atoms with Gasteiger partial charge in [-0.25, -0.2) is 14.5 Å². The fraction of sp³-hybridized carbons (Fsp3) is 0.316. The van der Waals surface area contributed by atoms with Crippen LogP contribution in [0.3, 0.4) is 0 Å². The third-order valence-corrected chi connectivity index (χ3v) is 6.25. The molecule has 0 N–H and O–H groups in total. The number of aryl methyl sites for hydroxylation is 1. The Morgan fingerprint density at radius 3 is 2.96 bits per heavy atom. The van der Waals surface area contributed by atoms with Crippen molar-refractivity contribution in [2.24, 2.45) is 5.92 Å². The molecule has 5 rings (SSSR count). The molecule has 0 amide bonds. The summed E-state index contributed by atoms with van der Waals surface area (Å²) in [5.41, 5.74) is 2.22. The van der Waals surface area contributed by atoms with E-state index in [0.717, 1.165) is 28.7 Å². The van der Waals surface area contributed by atoms with Crippen molar-refractivity contribution in [2.45, 2.75) is 32.8 Å². The number of fused-ring (bicyclic) bond motifs is 5. The summed E-state index contributed by atoms with van der Waals surface area (Å²) < 4.78 is 7.41. The highest BCUT2D eigenvalue weighted by Crippen LogP contribution is 2.38. The minimum Gasteiger partial charge on any atom is -0.486 e. The van der Waals surface area contributed by atoms with E-state index >= 15 is 0 Å². The number of nitro groups is 1. The van der Waals surface area contributed by atoms with Crippen LogP contribution in [-0.2, 0) is 19.4 Å². The van der Waals surface area contributed by atoms with Gasteiger partial charge in [-0.2, -0.15) is 0 Å². The molecule has 1 aliphatic rings. The van der Waals surface area contributed by atoms with Gasteiger partial charge in [-0.05, 0) is 42.9 Å². The molecule has 0 bridgehead atoms. The number of thiophene rings is 1. The zero-order valence-corrected chi connectivity index (χ0v) is 16.0. The molecule has 1 unspecified atom stereocenters. The smallest absolute Gasteiger partial charge is 0.269 e. The Morgan fingerprint density at radius 1 is 1.36 bits per heavy atom. The van der Waals surface area contributed by atoms with Crippen LogP contribution in [0.5, 0.6) is 5.75 Å². The Hall–Kier alpha value is -3.07. The molecule has 1 aliphatic carbocycles. The van der Waals surface area contributed by atoms with E-state index in [1.807, 2.05) is 0 Å². The van der Waals surface area contributed by atoms with Crippen molar-refractivity contribution in [1.29, 1.82) is 0 Å². The van der Waals surface area contributed by atoms with Crippen molar-refractivity contribution in [2.75, 3.05) is 0 Å². The lowest BCUT2D eigenvalue weighted by Crippen LogP contribution is -2.08. The highest BCUT2D eigenvalue weighted by molar-refractivity contribution is 7.19. The second-order valence-corrected chi connectivity index (χ2v) is 8.20. The molecule has 3 aromatic heterocycles. The first kappa shape index (κ1) is 17.1. The van der Waals surface area contributed by atoms with Gasteiger partial charge in [0.2, 0.25) is 0 Å².